The van der Waals surface area contributed by atoms with Crippen molar-refractivity contribution in [1.82, 2.24) is 0 Å². The maximum atomic E-state index is 11.7. The van der Waals surface area contributed by atoms with Crippen LogP contribution < -0.4 is 5.73 Å². The average molecular weight is 648 g/mol. The quantitative estimate of drug-likeness (QED) is 0.0302. The Morgan fingerprint density at radius 1 is 0.659 bits per heavy atom. The molecule has 0 aliphatic carbocycles. The van der Waals surface area contributed by atoms with Crippen LogP contribution in [0.15, 0.2) is 12.2 Å². The molecule has 8 nitrogen and oxygen atoms in total. The summed E-state index contributed by atoms with van der Waals surface area (Å²) in [5.74, 6) is -0.504. The number of allylic oxidation sites excluding steroid dienone is 2. The molecule has 0 aliphatic heterocycles. The van der Waals surface area contributed by atoms with Crippen molar-refractivity contribution in [3.05, 3.63) is 12.2 Å². The lowest BCUT2D eigenvalue weighted by Gasteiger charge is -2.19. The molecule has 3 N–H and O–H groups in total. The van der Waals surface area contributed by atoms with Crippen molar-refractivity contribution in [2.24, 2.45) is 5.73 Å². The topological polar surface area (TPSA) is 117 Å². The molecule has 0 amide bonds. The van der Waals surface area contributed by atoms with Crippen molar-refractivity contribution in [3.8, 4) is 0 Å². The summed E-state index contributed by atoms with van der Waals surface area (Å²) in [7, 11) is -4.22. The lowest BCUT2D eigenvalue weighted by Crippen LogP contribution is -2.27. The molecule has 0 aromatic carbocycles. The normalized spacial score (nSPS) is 13.8. The van der Waals surface area contributed by atoms with E-state index in [1.165, 1.54) is 148 Å². The number of carbonyl (C=O) groups excluding carboxylic acids is 1. The van der Waals surface area contributed by atoms with Gasteiger partial charge in [-0.05, 0) is 32.1 Å². The number of phosphoric acid groups is 1. The van der Waals surface area contributed by atoms with E-state index in [2.05, 4.69) is 23.6 Å². The lowest BCUT2D eigenvalue weighted by molar-refractivity contribution is -0.151. The molecule has 0 spiro atoms. The van der Waals surface area contributed by atoms with Gasteiger partial charge >= 0.3 is 13.8 Å². The summed E-state index contributed by atoms with van der Waals surface area (Å²) in [4.78, 5) is 20.9. The van der Waals surface area contributed by atoms with Crippen molar-refractivity contribution in [2.45, 2.75) is 174 Å². The highest BCUT2D eigenvalue weighted by molar-refractivity contribution is 7.47. The molecule has 0 radical (unpaired) electrons. The smallest absolute Gasteiger partial charge is 0.458 e. The Kier molecular flexibility index (Phi) is 33.0. The minimum atomic E-state index is -4.22. The van der Waals surface area contributed by atoms with E-state index in [0.29, 0.717) is 6.61 Å². The third-order valence-corrected chi connectivity index (χ3v) is 8.72. The van der Waals surface area contributed by atoms with Crippen molar-refractivity contribution >= 4 is 13.8 Å². The van der Waals surface area contributed by atoms with E-state index in [4.69, 9.17) is 19.7 Å². The molecule has 0 rings (SSSR count). The van der Waals surface area contributed by atoms with Crippen molar-refractivity contribution in [3.63, 3.8) is 0 Å². The van der Waals surface area contributed by atoms with Gasteiger partial charge in [0.15, 0.2) is 0 Å². The SMILES string of the molecule is CCCCCCCCCC/C=C\CCCCCCCCCCCCCCCCOCC(COP(=O)(O)OCCN)OC(C)=O. The molecule has 0 aromatic rings. The highest BCUT2D eigenvalue weighted by atomic mass is 31.2. The van der Waals surface area contributed by atoms with Crippen molar-refractivity contribution in [2.75, 3.05) is 33.0 Å². The van der Waals surface area contributed by atoms with Crippen LogP contribution in [0.1, 0.15) is 168 Å². The van der Waals surface area contributed by atoms with Crippen LogP contribution in [0.2, 0.25) is 0 Å². The third-order valence-electron chi connectivity index (χ3n) is 7.73. The highest BCUT2D eigenvalue weighted by Crippen LogP contribution is 2.43. The van der Waals surface area contributed by atoms with Gasteiger partial charge in [-0.15, -0.1) is 0 Å². The maximum Gasteiger partial charge on any atom is 0.472 e. The molecule has 0 bridgehead atoms. The van der Waals surface area contributed by atoms with Crippen LogP contribution in [0.25, 0.3) is 0 Å². The number of unbranched alkanes of at least 4 members (excludes halogenated alkanes) is 22. The molecule has 0 aromatic heterocycles. The molecular formula is C35H70NO7P. The van der Waals surface area contributed by atoms with Crippen LogP contribution in [-0.2, 0) is 27.9 Å². The zero-order valence-electron chi connectivity index (χ0n) is 28.7. The zero-order chi connectivity index (χ0) is 32.4. The molecule has 0 heterocycles. The van der Waals surface area contributed by atoms with Gasteiger partial charge in [0.25, 0.3) is 0 Å². The highest BCUT2D eigenvalue weighted by Gasteiger charge is 2.24. The van der Waals surface area contributed by atoms with Crippen LogP contribution in [0.5, 0.6) is 0 Å². The summed E-state index contributed by atoms with van der Waals surface area (Å²) >= 11 is 0. The van der Waals surface area contributed by atoms with E-state index < -0.39 is 19.9 Å². The molecule has 0 saturated carbocycles. The van der Waals surface area contributed by atoms with Gasteiger partial charge in [0.05, 0.1) is 19.8 Å². The fourth-order valence-electron chi connectivity index (χ4n) is 5.17. The molecule has 2 atom stereocenters. The second-order valence-electron chi connectivity index (χ2n) is 12.2. The number of ether oxygens (including phenoxy) is 2. The van der Waals surface area contributed by atoms with Gasteiger partial charge in [-0.1, -0.05) is 141 Å². The molecule has 2 unspecified atom stereocenters. The Morgan fingerprint density at radius 3 is 1.52 bits per heavy atom. The third kappa shape index (κ3) is 34.1. The number of nitrogens with two attached hydrogens (primary N) is 1. The maximum absolute atomic E-state index is 11.7. The van der Waals surface area contributed by atoms with Gasteiger partial charge in [-0.3, -0.25) is 13.8 Å². The first-order chi connectivity index (χ1) is 21.4. The predicted octanol–water partition coefficient (Wildman–Crippen LogP) is 9.97. The first-order valence-corrected chi connectivity index (χ1v) is 19.6. The van der Waals surface area contributed by atoms with E-state index in [0.717, 1.165) is 12.8 Å². The molecule has 0 aliphatic rings. The van der Waals surface area contributed by atoms with Gasteiger partial charge in [0.1, 0.15) is 6.10 Å². The summed E-state index contributed by atoms with van der Waals surface area (Å²) in [5.41, 5.74) is 5.26. The van der Waals surface area contributed by atoms with Gasteiger partial charge in [0.2, 0.25) is 0 Å². The number of carbonyl (C=O) groups is 1. The molecule has 0 saturated heterocycles. The number of hydrogen-bond donors (Lipinski definition) is 2. The Morgan fingerprint density at radius 2 is 1.09 bits per heavy atom. The Bertz CT molecular complexity index is 692. The number of rotatable bonds is 35. The largest absolute Gasteiger partial charge is 0.472 e. The van der Waals surface area contributed by atoms with E-state index in [1.807, 2.05) is 0 Å². The Hall–Kier alpha value is -0.760. The monoisotopic (exact) mass is 647 g/mol. The van der Waals surface area contributed by atoms with Gasteiger partial charge in [-0.2, -0.15) is 0 Å². The summed E-state index contributed by atoms with van der Waals surface area (Å²) in [6, 6.07) is 0. The second-order valence-corrected chi connectivity index (χ2v) is 13.6. The number of phosphoric ester groups is 1. The fourth-order valence-corrected chi connectivity index (χ4v) is 5.93. The Balaban J connectivity index is 3.42. The molecular weight excluding hydrogens is 577 g/mol. The average Bonchev–Trinajstić information content (AvgIpc) is 3.00. The minimum Gasteiger partial charge on any atom is -0.458 e. The first-order valence-electron chi connectivity index (χ1n) is 18.1. The molecule has 0 fully saturated rings. The van der Waals surface area contributed by atoms with Crippen molar-refractivity contribution < 1.29 is 32.8 Å². The van der Waals surface area contributed by atoms with Crippen LogP contribution in [0.4, 0.5) is 0 Å². The van der Waals surface area contributed by atoms with Crippen LogP contribution >= 0.6 is 7.82 Å². The van der Waals surface area contributed by atoms with E-state index in [9.17, 15) is 14.3 Å². The Labute approximate surface area is 271 Å². The fraction of sp³-hybridized carbons (Fsp3) is 0.914. The van der Waals surface area contributed by atoms with Crippen LogP contribution in [0.3, 0.4) is 0 Å². The van der Waals surface area contributed by atoms with Gasteiger partial charge in [0, 0.05) is 20.1 Å². The number of hydrogen-bond acceptors (Lipinski definition) is 7. The molecule has 9 heteroatoms. The predicted molar refractivity (Wildman–Crippen MR) is 183 cm³/mol. The second kappa shape index (κ2) is 33.6. The van der Waals surface area contributed by atoms with E-state index >= 15 is 0 Å². The summed E-state index contributed by atoms with van der Waals surface area (Å²) in [6.45, 7) is 3.93. The molecule has 44 heavy (non-hydrogen) atoms. The minimum absolute atomic E-state index is 0.0967. The molecule has 262 valence electrons. The van der Waals surface area contributed by atoms with Crippen LogP contribution in [0, 0.1) is 0 Å². The standard InChI is InChI=1S/C35H70NO7P/c1-3-4-5-6-7-8-9-10-11-12-13-14-15-16-17-18-19-20-21-22-23-24-25-26-27-28-30-40-32-35(43-34(2)37)33-42-44(38,39)41-31-29-36/h12-13,35H,3-11,14-33,36H2,1-2H3,(H,38,39)/b13-12-. The van der Waals surface area contributed by atoms with Crippen molar-refractivity contribution in [1.29, 1.82) is 0 Å². The summed E-state index contributed by atoms with van der Waals surface area (Å²) < 4.78 is 32.0. The zero-order valence-corrected chi connectivity index (χ0v) is 29.6. The number of esters is 1. The summed E-state index contributed by atoms with van der Waals surface area (Å²) in [6.07, 6.45) is 36.0. The van der Waals surface area contributed by atoms with Gasteiger partial charge in [-0.25, -0.2) is 4.57 Å². The van der Waals surface area contributed by atoms with Gasteiger partial charge < -0.3 is 20.1 Å². The summed E-state index contributed by atoms with van der Waals surface area (Å²) in [5, 5.41) is 0. The lowest BCUT2D eigenvalue weighted by atomic mass is 10.0. The van der Waals surface area contributed by atoms with E-state index in [-0.39, 0.29) is 26.4 Å². The van der Waals surface area contributed by atoms with E-state index in [1.54, 1.807) is 0 Å². The first kappa shape index (κ1) is 43.2. The van der Waals surface area contributed by atoms with Crippen LogP contribution in [-0.4, -0.2) is 49.9 Å².